The van der Waals surface area contributed by atoms with Crippen molar-refractivity contribution in [1.82, 2.24) is 9.55 Å². The SMILES string of the molecule is C=CCn1c(SC(C)C(=O)Nc2cc(C)ccc2C)nc2ccccc2c1=O. The second-order valence-corrected chi connectivity index (χ2v) is 7.99. The molecule has 0 bridgehead atoms. The first-order valence-corrected chi connectivity index (χ1v) is 9.94. The third kappa shape index (κ3) is 4.17. The molecule has 5 nitrogen and oxygen atoms in total. The number of allylic oxidation sites excluding steroid dienone is 1. The highest BCUT2D eigenvalue weighted by atomic mass is 32.2. The van der Waals surface area contributed by atoms with Crippen LogP contribution in [0.15, 0.2) is 65.1 Å². The molecule has 0 aliphatic carbocycles. The molecular weight excluding hydrogens is 370 g/mol. The number of aromatic nitrogens is 2. The summed E-state index contributed by atoms with van der Waals surface area (Å²) in [5.74, 6) is -0.133. The van der Waals surface area contributed by atoms with Gasteiger partial charge < -0.3 is 5.32 Å². The molecule has 0 fully saturated rings. The molecule has 144 valence electrons. The van der Waals surface area contributed by atoms with Gasteiger partial charge in [0.05, 0.1) is 16.2 Å². The Bertz CT molecular complexity index is 1100. The number of carbonyl (C=O) groups is 1. The molecule has 1 amide bonds. The van der Waals surface area contributed by atoms with Gasteiger partial charge in [0, 0.05) is 12.2 Å². The Morgan fingerprint density at radius 2 is 2.04 bits per heavy atom. The van der Waals surface area contributed by atoms with Crippen LogP contribution >= 0.6 is 11.8 Å². The highest BCUT2D eigenvalue weighted by Crippen LogP contribution is 2.24. The number of rotatable bonds is 6. The summed E-state index contributed by atoms with van der Waals surface area (Å²) in [6, 6.07) is 13.2. The largest absolute Gasteiger partial charge is 0.325 e. The van der Waals surface area contributed by atoms with Gasteiger partial charge in [-0.25, -0.2) is 4.98 Å². The summed E-state index contributed by atoms with van der Waals surface area (Å²) in [4.78, 5) is 30.2. The van der Waals surface area contributed by atoms with E-state index < -0.39 is 5.25 Å². The molecule has 6 heteroatoms. The summed E-state index contributed by atoms with van der Waals surface area (Å²) in [5, 5.41) is 3.62. The van der Waals surface area contributed by atoms with E-state index in [9.17, 15) is 9.59 Å². The number of hydrogen-bond acceptors (Lipinski definition) is 4. The number of aryl methyl sites for hydroxylation is 2. The first-order valence-electron chi connectivity index (χ1n) is 9.06. The average molecular weight is 394 g/mol. The number of thioether (sulfide) groups is 1. The van der Waals surface area contributed by atoms with E-state index >= 15 is 0 Å². The van der Waals surface area contributed by atoms with Gasteiger partial charge in [0.15, 0.2) is 5.16 Å². The third-order valence-electron chi connectivity index (χ3n) is 4.44. The molecule has 0 aliphatic rings. The Kier molecular flexibility index (Phi) is 5.99. The van der Waals surface area contributed by atoms with Gasteiger partial charge in [-0.1, -0.05) is 42.1 Å². The molecule has 1 heterocycles. The van der Waals surface area contributed by atoms with Crippen molar-refractivity contribution in [3.63, 3.8) is 0 Å². The Morgan fingerprint density at radius 3 is 2.79 bits per heavy atom. The fourth-order valence-electron chi connectivity index (χ4n) is 2.84. The molecule has 0 saturated heterocycles. The van der Waals surface area contributed by atoms with Crippen molar-refractivity contribution in [1.29, 1.82) is 0 Å². The molecule has 3 rings (SSSR count). The quantitative estimate of drug-likeness (QED) is 0.385. The van der Waals surface area contributed by atoms with Crippen LogP contribution < -0.4 is 10.9 Å². The van der Waals surface area contributed by atoms with Crippen LogP contribution in [0.25, 0.3) is 10.9 Å². The standard InChI is InChI=1S/C22H23N3O2S/c1-5-12-25-21(27)17-8-6-7-9-18(17)24-22(25)28-16(4)20(26)23-19-13-14(2)10-11-15(19)3/h5-11,13,16H,1,12H2,2-4H3,(H,23,26). The lowest BCUT2D eigenvalue weighted by molar-refractivity contribution is -0.115. The van der Waals surface area contributed by atoms with E-state index in [2.05, 4.69) is 16.9 Å². The van der Waals surface area contributed by atoms with Gasteiger partial charge in [-0.3, -0.25) is 14.2 Å². The molecule has 0 aliphatic heterocycles. The normalized spacial score (nSPS) is 12.0. The van der Waals surface area contributed by atoms with Gasteiger partial charge in [0.25, 0.3) is 5.56 Å². The molecule has 0 saturated carbocycles. The van der Waals surface area contributed by atoms with Crippen molar-refractivity contribution in [2.45, 2.75) is 37.7 Å². The summed E-state index contributed by atoms with van der Waals surface area (Å²) in [7, 11) is 0. The van der Waals surface area contributed by atoms with Crippen LogP contribution in [-0.4, -0.2) is 20.7 Å². The fourth-order valence-corrected chi connectivity index (χ4v) is 3.76. The lowest BCUT2D eigenvalue weighted by atomic mass is 10.1. The molecule has 28 heavy (non-hydrogen) atoms. The Labute approximate surface area is 168 Å². The van der Waals surface area contributed by atoms with Crippen molar-refractivity contribution < 1.29 is 4.79 Å². The predicted molar refractivity (Wildman–Crippen MR) is 116 cm³/mol. The first-order chi connectivity index (χ1) is 13.4. The zero-order valence-corrected chi connectivity index (χ0v) is 17.0. The first kappa shape index (κ1) is 19.9. The maximum Gasteiger partial charge on any atom is 0.262 e. The van der Waals surface area contributed by atoms with Crippen molar-refractivity contribution in [3.05, 3.63) is 76.6 Å². The monoisotopic (exact) mass is 393 g/mol. The van der Waals surface area contributed by atoms with Crippen LogP contribution in [0.1, 0.15) is 18.1 Å². The minimum atomic E-state index is -0.427. The molecule has 2 aromatic carbocycles. The predicted octanol–water partition coefficient (Wildman–Crippen LogP) is 4.32. The van der Waals surface area contributed by atoms with Gasteiger partial charge in [-0.2, -0.15) is 0 Å². The van der Waals surface area contributed by atoms with Crippen LogP contribution in [-0.2, 0) is 11.3 Å². The average Bonchev–Trinajstić information content (AvgIpc) is 2.67. The highest BCUT2D eigenvalue weighted by molar-refractivity contribution is 8.00. The molecule has 0 radical (unpaired) electrons. The van der Waals surface area contributed by atoms with E-state index in [1.165, 1.54) is 11.8 Å². The van der Waals surface area contributed by atoms with Crippen molar-refractivity contribution in [3.8, 4) is 0 Å². The number of hydrogen-bond donors (Lipinski definition) is 1. The van der Waals surface area contributed by atoms with Crippen molar-refractivity contribution in [2.75, 3.05) is 5.32 Å². The van der Waals surface area contributed by atoms with E-state index in [1.807, 2.05) is 51.1 Å². The zero-order chi connectivity index (χ0) is 20.3. The fraction of sp³-hybridized carbons (Fsp3) is 0.227. The van der Waals surface area contributed by atoms with Gasteiger partial charge in [0.1, 0.15) is 0 Å². The second-order valence-electron chi connectivity index (χ2n) is 6.68. The zero-order valence-electron chi connectivity index (χ0n) is 16.2. The number of para-hydroxylation sites is 1. The number of anilines is 1. The van der Waals surface area contributed by atoms with E-state index in [1.54, 1.807) is 22.8 Å². The van der Waals surface area contributed by atoms with E-state index in [-0.39, 0.29) is 11.5 Å². The number of nitrogens with one attached hydrogen (secondary N) is 1. The molecular formula is C22H23N3O2S. The molecule has 3 aromatic rings. The van der Waals surface area contributed by atoms with Crippen molar-refractivity contribution in [2.24, 2.45) is 0 Å². The lowest BCUT2D eigenvalue weighted by Crippen LogP contribution is -2.27. The van der Waals surface area contributed by atoms with Gasteiger partial charge in [0.2, 0.25) is 5.91 Å². The van der Waals surface area contributed by atoms with E-state index in [0.717, 1.165) is 16.8 Å². The van der Waals surface area contributed by atoms with E-state index in [4.69, 9.17) is 0 Å². The Hall–Kier alpha value is -2.86. The topological polar surface area (TPSA) is 64.0 Å². The number of carbonyl (C=O) groups excluding carboxylic acids is 1. The molecule has 1 atom stereocenters. The number of nitrogens with zero attached hydrogens (tertiary/aromatic N) is 2. The third-order valence-corrected chi connectivity index (χ3v) is 5.53. The number of benzene rings is 2. The maximum atomic E-state index is 12.8. The number of amides is 1. The van der Waals surface area contributed by atoms with Crippen LogP contribution in [0.2, 0.25) is 0 Å². The van der Waals surface area contributed by atoms with Gasteiger partial charge >= 0.3 is 0 Å². The van der Waals surface area contributed by atoms with Crippen LogP contribution in [0, 0.1) is 13.8 Å². The van der Waals surface area contributed by atoms with E-state index in [0.29, 0.717) is 22.6 Å². The summed E-state index contributed by atoms with van der Waals surface area (Å²) in [5.41, 5.74) is 3.38. The smallest absolute Gasteiger partial charge is 0.262 e. The Morgan fingerprint density at radius 1 is 1.29 bits per heavy atom. The summed E-state index contributed by atoms with van der Waals surface area (Å²) < 4.78 is 1.56. The minimum Gasteiger partial charge on any atom is -0.325 e. The summed E-state index contributed by atoms with van der Waals surface area (Å²) >= 11 is 1.27. The second kappa shape index (κ2) is 8.44. The van der Waals surface area contributed by atoms with Crippen molar-refractivity contribution >= 4 is 34.3 Å². The lowest BCUT2D eigenvalue weighted by Gasteiger charge is -2.16. The number of fused-ring (bicyclic) bond motifs is 1. The summed E-state index contributed by atoms with van der Waals surface area (Å²) in [6.45, 7) is 9.82. The molecule has 1 unspecified atom stereocenters. The Balaban J connectivity index is 1.89. The minimum absolute atomic E-state index is 0.130. The molecule has 0 spiro atoms. The van der Waals surface area contributed by atoms with Crippen LogP contribution in [0.4, 0.5) is 5.69 Å². The van der Waals surface area contributed by atoms with Crippen LogP contribution in [0.3, 0.4) is 0 Å². The highest BCUT2D eigenvalue weighted by Gasteiger charge is 2.19. The maximum absolute atomic E-state index is 12.8. The summed E-state index contributed by atoms with van der Waals surface area (Å²) in [6.07, 6.45) is 1.66. The van der Waals surface area contributed by atoms with Gasteiger partial charge in [-0.05, 0) is 50.1 Å². The van der Waals surface area contributed by atoms with Gasteiger partial charge in [-0.15, -0.1) is 6.58 Å². The molecule has 1 aromatic heterocycles. The molecule has 1 N–H and O–H groups in total. The van der Waals surface area contributed by atoms with Crippen LogP contribution in [0.5, 0.6) is 0 Å².